The van der Waals surface area contributed by atoms with Gasteiger partial charge in [0.05, 0.1) is 11.1 Å². The van der Waals surface area contributed by atoms with Crippen molar-refractivity contribution >= 4 is 23.7 Å². The third kappa shape index (κ3) is 5.59. The normalized spacial score (nSPS) is 20.0. The zero-order chi connectivity index (χ0) is 19.9. The molecule has 1 saturated heterocycles. The first-order valence-corrected chi connectivity index (χ1v) is 8.91. The second kappa shape index (κ2) is 8.68. The molecule has 8 heteroatoms. The Morgan fingerprint density at radius 1 is 1.41 bits per heavy atom. The van der Waals surface area contributed by atoms with Crippen molar-refractivity contribution in [3.05, 3.63) is 34.6 Å². The molecule has 1 amide bonds. The van der Waals surface area contributed by atoms with Gasteiger partial charge in [-0.05, 0) is 65.2 Å². The summed E-state index contributed by atoms with van der Waals surface area (Å²) in [6, 6.07) is 3.31. The Bertz CT molecular complexity index is 726. The van der Waals surface area contributed by atoms with Gasteiger partial charge in [-0.1, -0.05) is 17.7 Å². The van der Waals surface area contributed by atoms with Crippen molar-refractivity contribution in [1.82, 2.24) is 4.90 Å². The predicted octanol–water partition coefficient (Wildman–Crippen LogP) is 1.94. The molecule has 1 heterocycles. The second-order valence-electron chi connectivity index (χ2n) is 8.26. The molecule has 2 rings (SSSR count). The third-order valence-electron chi connectivity index (χ3n) is 4.58. The number of aliphatic carboxylic acids is 1. The Kier molecular flexibility index (Phi) is 7.79. The van der Waals surface area contributed by atoms with Crippen LogP contribution in [0.5, 0.6) is 0 Å². The van der Waals surface area contributed by atoms with Crippen molar-refractivity contribution < 1.29 is 54.8 Å². The molecule has 0 radical (unpaired) electrons. The summed E-state index contributed by atoms with van der Waals surface area (Å²) < 4.78 is 19.4. The number of rotatable bonds is 3. The van der Waals surface area contributed by atoms with Gasteiger partial charge < -0.3 is 11.3 Å². The molecule has 0 bridgehead atoms. The van der Waals surface area contributed by atoms with Crippen LogP contribution in [0.2, 0.25) is 5.02 Å². The molecule has 1 fully saturated rings. The largest absolute Gasteiger partial charge is 1.00 e. The maximum atomic E-state index is 13.9. The maximum Gasteiger partial charge on any atom is 1.00 e. The summed E-state index contributed by atoms with van der Waals surface area (Å²) in [5, 5.41) is 9.74. The Balaban J connectivity index is 0.00000364. The Hall–Kier alpha value is -0.820. The molecular weight excluding hydrogens is 384 g/mol. The van der Waals surface area contributed by atoms with E-state index in [2.05, 4.69) is 0 Å². The number of ether oxygens (including phenoxy) is 1. The minimum absolute atomic E-state index is 0. The van der Waals surface area contributed by atoms with E-state index < -0.39 is 41.0 Å². The van der Waals surface area contributed by atoms with E-state index in [0.717, 1.165) is 6.07 Å². The predicted molar refractivity (Wildman–Crippen MR) is 98.1 cm³/mol. The van der Waals surface area contributed by atoms with Gasteiger partial charge in [0.1, 0.15) is 17.3 Å². The van der Waals surface area contributed by atoms with Crippen LogP contribution in [0.1, 0.15) is 60.4 Å². The smallest absolute Gasteiger partial charge is 1.00 e. The first-order chi connectivity index (χ1) is 11.8. The summed E-state index contributed by atoms with van der Waals surface area (Å²) in [6.45, 7) is 9.02. The number of benzene rings is 1. The molecule has 146 valence electrons. The number of likely N-dealkylation sites (tertiary alicyclic amines) is 1. The zero-order valence-electron chi connectivity index (χ0n) is 17.7. The van der Waals surface area contributed by atoms with Crippen LogP contribution >= 0.6 is 11.6 Å². The summed E-state index contributed by atoms with van der Waals surface area (Å²) >= 11 is 5.71. The summed E-state index contributed by atoms with van der Waals surface area (Å²) in [5.41, 5.74) is -0.993. The number of nitrogens with zero attached hydrogens (tertiary/aromatic N) is 1. The molecule has 1 unspecified atom stereocenters. The van der Waals surface area contributed by atoms with Gasteiger partial charge >= 0.3 is 41.6 Å². The fourth-order valence-corrected chi connectivity index (χ4v) is 3.56. The van der Waals surface area contributed by atoms with E-state index >= 15 is 0 Å². The van der Waals surface area contributed by atoms with Crippen LogP contribution in [0.4, 0.5) is 9.18 Å². The van der Waals surface area contributed by atoms with Gasteiger partial charge in [0.25, 0.3) is 0 Å². The first-order valence-electron chi connectivity index (χ1n) is 8.53. The van der Waals surface area contributed by atoms with E-state index in [-0.39, 0.29) is 41.6 Å². The Morgan fingerprint density at radius 2 is 2.00 bits per heavy atom. The van der Waals surface area contributed by atoms with Crippen molar-refractivity contribution in [3.8, 4) is 0 Å². The van der Waals surface area contributed by atoms with Gasteiger partial charge in [-0.25, -0.2) is 9.18 Å². The molecule has 0 aromatic heterocycles. The number of carbonyl (C=O) groups excluding carboxylic acids is 1. The van der Waals surface area contributed by atoms with Crippen molar-refractivity contribution in [2.45, 2.75) is 70.6 Å². The summed E-state index contributed by atoms with van der Waals surface area (Å²) in [5.74, 6) is -2.88. The van der Waals surface area contributed by atoms with Crippen molar-refractivity contribution in [3.63, 3.8) is 0 Å². The molecule has 1 aromatic rings. The second-order valence-corrected chi connectivity index (χ2v) is 8.67. The number of halogens is 2. The van der Waals surface area contributed by atoms with Gasteiger partial charge in [-0.15, -0.1) is 0 Å². The molecule has 0 aliphatic carbocycles. The fraction of sp³-hybridized carbons (Fsp3) is 0.579. The zero-order valence-corrected chi connectivity index (χ0v) is 19.4. The number of carboxylic acid groups (broad SMARTS) is 1. The van der Waals surface area contributed by atoms with E-state index in [1.807, 2.05) is 13.8 Å². The molecule has 0 saturated carbocycles. The molecule has 5 nitrogen and oxygen atoms in total. The standard InChI is InChI=1S/C19H25ClFNO4.Na.H/c1-18(2,3)26-17(25)22-14(8-9-19(22,4)5)15(16(23)24)11-6-7-12(20)13(21)10-11;;/h6-7,10,14-15H,8-9H2,1-5H3,(H,23,24);;/q;+1;-1/t14-,15?;;/m0../s1. The molecule has 2 atom stereocenters. The van der Waals surface area contributed by atoms with E-state index in [1.165, 1.54) is 17.0 Å². The van der Waals surface area contributed by atoms with E-state index in [1.54, 1.807) is 20.8 Å². The summed E-state index contributed by atoms with van der Waals surface area (Å²) in [6.07, 6.45) is 0.537. The van der Waals surface area contributed by atoms with Gasteiger partial charge in [0, 0.05) is 5.54 Å². The average molecular weight is 410 g/mol. The monoisotopic (exact) mass is 409 g/mol. The molecule has 1 aliphatic rings. The van der Waals surface area contributed by atoms with Crippen LogP contribution in [-0.4, -0.2) is 39.3 Å². The first kappa shape index (κ1) is 24.2. The number of carboxylic acids is 1. The van der Waals surface area contributed by atoms with Crippen molar-refractivity contribution in [2.75, 3.05) is 0 Å². The van der Waals surface area contributed by atoms with Crippen molar-refractivity contribution in [1.29, 1.82) is 0 Å². The van der Waals surface area contributed by atoms with Gasteiger partial charge in [0.2, 0.25) is 0 Å². The molecule has 1 aliphatic heterocycles. The van der Waals surface area contributed by atoms with Crippen LogP contribution in [0.25, 0.3) is 0 Å². The maximum absolute atomic E-state index is 13.9. The van der Waals surface area contributed by atoms with Gasteiger partial charge in [0.15, 0.2) is 0 Å². The third-order valence-corrected chi connectivity index (χ3v) is 4.89. The van der Waals surface area contributed by atoms with Gasteiger partial charge in [-0.2, -0.15) is 0 Å². The number of hydrogen-bond acceptors (Lipinski definition) is 3. The Labute approximate surface area is 188 Å². The van der Waals surface area contributed by atoms with E-state index in [9.17, 15) is 19.1 Å². The SMILES string of the molecule is CC(C)(C)OC(=O)N1[C@H](C(C(=O)O)c2ccc(Cl)c(F)c2)CCC1(C)C.[H-].[Na+]. The quantitative estimate of drug-likeness (QED) is 0.775. The topological polar surface area (TPSA) is 66.8 Å². The minimum atomic E-state index is -1.12. The molecule has 27 heavy (non-hydrogen) atoms. The number of hydrogen-bond donors (Lipinski definition) is 1. The number of amides is 1. The molecule has 0 spiro atoms. The van der Waals surface area contributed by atoms with Gasteiger partial charge in [-0.3, -0.25) is 9.69 Å². The van der Waals surface area contributed by atoms with Crippen LogP contribution < -0.4 is 29.6 Å². The van der Waals surface area contributed by atoms with Crippen LogP contribution in [0.3, 0.4) is 0 Å². The summed E-state index contributed by atoms with van der Waals surface area (Å²) in [7, 11) is 0. The molecular formula is C19H26ClFNNaO4. The Morgan fingerprint density at radius 3 is 2.48 bits per heavy atom. The van der Waals surface area contributed by atoms with Crippen LogP contribution in [0, 0.1) is 5.82 Å². The minimum Gasteiger partial charge on any atom is -1.00 e. The van der Waals surface area contributed by atoms with Crippen LogP contribution in [-0.2, 0) is 9.53 Å². The molecule has 1 aromatic carbocycles. The number of carbonyl (C=O) groups is 2. The van der Waals surface area contributed by atoms with E-state index in [0.29, 0.717) is 12.8 Å². The summed E-state index contributed by atoms with van der Waals surface area (Å²) in [4.78, 5) is 26.3. The van der Waals surface area contributed by atoms with Crippen LogP contribution in [0.15, 0.2) is 18.2 Å². The van der Waals surface area contributed by atoms with Crippen molar-refractivity contribution in [2.24, 2.45) is 0 Å². The van der Waals surface area contributed by atoms with E-state index in [4.69, 9.17) is 16.3 Å². The fourth-order valence-electron chi connectivity index (χ4n) is 3.44. The average Bonchev–Trinajstić information content (AvgIpc) is 2.76. The molecule has 1 N–H and O–H groups in total.